The SMILES string of the molecule is COc1ccc(-c2nc(-c3ccc4c(c3)ncn4CCC(=O)N3CCCC3)no2)cc1OC. The molecule has 0 saturated carbocycles. The van der Waals surface area contributed by atoms with Crippen LogP contribution < -0.4 is 9.47 Å². The summed E-state index contributed by atoms with van der Waals surface area (Å²) in [5.41, 5.74) is 3.32. The van der Waals surface area contributed by atoms with Crippen LogP contribution in [-0.4, -0.2) is 57.8 Å². The van der Waals surface area contributed by atoms with Gasteiger partial charge in [-0.2, -0.15) is 4.98 Å². The van der Waals surface area contributed by atoms with Crippen molar-refractivity contribution in [3.63, 3.8) is 0 Å². The van der Waals surface area contributed by atoms with Crippen LogP contribution in [0.15, 0.2) is 47.2 Å². The number of hydrogen-bond acceptors (Lipinski definition) is 7. The van der Waals surface area contributed by atoms with E-state index in [0.29, 0.717) is 36.2 Å². The minimum Gasteiger partial charge on any atom is -0.493 e. The number of rotatable bonds is 7. The van der Waals surface area contributed by atoms with E-state index in [-0.39, 0.29) is 5.91 Å². The number of ether oxygens (including phenoxy) is 2. The van der Waals surface area contributed by atoms with Gasteiger partial charge in [0.2, 0.25) is 11.7 Å². The summed E-state index contributed by atoms with van der Waals surface area (Å²) in [6, 6.07) is 11.3. The number of amides is 1. The Balaban J connectivity index is 1.34. The molecule has 2 aromatic heterocycles. The van der Waals surface area contributed by atoms with Gasteiger partial charge in [0, 0.05) is 37.2 Å². The lowest BCUT2D eigenvalue weighted by Crippen LogP contribution is -2.28. The Morgan fingerprint density at radius 2 is 1.82 bits per heavy atom. The fraction of sp³-hybridized carbons (Fsp3) is 0.333. The number of imidazole rings is 1. The first-order chi connectivity index (χ1) is 16.2. The van der Waals surface area contributed by atoms with E-state index in [0.717, 1.165) is 48.1 Å². The van der Waals surface area contributed by atoms with Crippen LogP contribution in [0, 0.1) is 0 Å². The highest BCUT2D eigenvalue weighted by Crippen LogP contribution is 2.32. The van der Waals surface area contributed by atoms with Gasteiger partial charge >= 0.3 is 0 Å². The normalized spacial score (nSPS) is 13.6. The monoisotopic (exact) mass is 447 g/mol. The predicted octanol–water partition coefficient (Wildman–Crippen LogP) is 3.78. The van der Waals surface area contributed by atoms with E-state index >= 15 is 0 Å². The van der Waals surface area contributed by atoms with E-state index in [1.165, 1.54) is 0 Å². The van der Waals surface area contributed by atoms with Gasteiger partial charge in [-0.1, -0.05) is 5.16 Å². The maximum atomic E-state index is 12.4. The molecule has 1 amide bonds. The maximum absolute atomic E-state index is 12.4. The molecule has 3 heterocycles. The van der Waals surface area contributed by atoms with Crippen LogP contribution in [-0.2, 0) is 11.3 Å². The standard InChI is InChI=1S/C24H25N5O4/c1-31-20-8-6-17(14-21(20)32-2)24-26-23(27-33-24)16-5-7-19-18(13-16)25-15-29(19)12-9-22(30)28-10-3-4-11-28/h5-8,13-15H,3-4,9-12H2,1-2H3. The fourth-order valence-corrected chi connectivity index (χ4v) is 4.15. The smallest absolute Gasteiger partial charge is 0.258 e. The summed E-state index contributed by atoms with van der Waals surface area (Å²) in [7, 11) is 3.17. The van der Waals surface area contributed by atoms with Gasteiger partial charge < -0.3 is 23.5 Å². The quantitative estimate of drug-likeness (QED) is 0.425. The van der Waals surface area contributed by atoms with Crippen molar-refractivity contribution in [3.05, 3.63) is 42.7 Å². The first-order valence-electron chi connectivity index (χ1n) is 11.0. The van der Waals surface area contributed by atoms with Gasteiger partial charge in [0.1, 0.15) is 0 Å². The number of hydrogen-bond donors (Lipinski definition) is 0. The lowest BCUT2D eigenvalue weighted by molar-refractivity contribution is -0.130. The van der Waals surface area contributed by atoms with E-state index in [9.17, 15) is 4.79 Å². The average molecular weight is 447 g/mol. The number of carbonyl (C=O) groups is 1. The predicted molar refractivity (Wildman–Crippen MR) is 122 cm³/mol. The lowest BCUT2D eigenvalue weighted by Gasteiger charge is -2.15. The summed E-state index contributed by atoms with van der Waals surface area (Å²) in [4.78, 5) is 23.4. The van der Waals surface area contributed by atoms with Crippen molar-refractivity contribution < 1.29 is 18.8 Å². The molecule has 1 fully saturated rings. The summed E-state index contributed by atoms with van der Waals surface area (Å²) >= 11 is 0. The number of aryl methyl sites for hydroxylation is 1. The molecular weight excluding hydrogens is 422 g/mol. The molecule has 5 rings (SSSR count). The zero-order chi connectivity index (χ0) is 22.8. The Hall–Kier alpha value is -3.88. The van der Waals surface area contributed by atoms with Gasteiger partial charge in [-0.15, -0.1) is 0 Å². The molecule has 0 N–H and O–H groups in total. The second-order valence-corrected chi connectivity index (χ2v) is 7.97. The fourth-order valence-electron chi connectivity index (χ4n) is 4.15. The van der Waals surface area contributed by atoms with Crippen LogP contribution in [0.1, 0.15) is 19.3 Å². The number of carbonyl (C=O) groups excluding carboxylic acids is 1. The molecule has 0 aliphatic carbocycles. The zero-order valence-corrected chi connectivity index (χ0v) is 18.7. The number of fused-ring (bicyclic) bond motifs is 1. The van der Waals surface area contributed by atoms with E-state index in [2.05, 4.69) is 15.1 Å². The molecule has 0 atom stereocenters. The molecule has 2 aromatic carbocycles. The lowest BCUT2D eigenvalue weighted by atomic mass is 10.1. The van der Waals surface area contributed by atoms with Gasteiger partial charge in [0.25, 0.3) is 5.89 Å². The van der Waals surface area contributed by atoms with Crippen LogP contribution in [0.5, 0.6) is 11.5 Å². The Bertz CT molecular complexity index is 1290. The van der Waals surface area contributed by atoms with Crippen molar-refractivity contribution >= 4 is 16.9 Å². The van der Waals surface area contributed by atoms with Crippen molar-refractivity contribution in [2.45, 2.75) is 25.8 Å². The largest absolute Gasteiger partial charge is 0.493 e. The van der Waals surface area contributed by atoms with E-state index in [4.69, 9.17) is 14.0 Å². The number of benzene rings is 2. The molecule has 9 heteroatoms. The van der Waals surface area contributed by atoms with Gasteiger partial charge in [0.15, 0.2) is 11.5 Å². The minimum atomic E-state index is 0.209. The number of likely N-dealkylation sites (tertiary alicyclic amines) is 1. The third-order valence-corrected chi connectivity index (χ3v) is 5.96. The number of aromatic nitrogens is 4. The van der Waals surface area contributed by atoms with E-state index in [1.54, 1.807) is 32.7 Å². The van der Waals surface area contributed by atoms with Crippen LogP contribution >= 0.6 is 0 Å². The molecule has 9 nitrogen and oxygen atoms in total. The van der Waals surface area contributed by atoms with Crippen molar-refractivity contribution in [2.24, 2.45) is 0 Å². The molecule has 1 aliphatic heterocycles. The topological polar surface area (TPSA) is 95.5 Å². The highest BCUT2D eigenvalue weighted by molar-refractivity contribution is 5.81. The molecule has 0 unspecified atom stereocenters. The summed E-state index contributed by atoms with van der Waals surface area (Å²) in [6.45, 7) is 2.36. The number of nitrogens with zero attached hydrogens (tertiary/aromatic N) is 5. The summed E-state index contributed by atoms with van der Waals surface area (Å²) in [5.74, 6) is 2.28. The van der Waals surface area contributed by atoms with E-state index in [1.807, 2.05) is 33.7 Å². The van der Waals surface area contributed by atoms with Gasteiger partial charge in [-0.3, -0.25) is 4.79 Å². The molecule has 170 valence electrons. The van der Waals surface area contributed by atoms with Crippen LogP contribution in [0.3, 0.4) is 0 Å². The first-order valence-corrected chi connectivity index (χ1v) is 11.0. The van der Waals surface area contributed by atoms with Gasteiger partial charge in [-0.25, -0.2) is 4.98 Å². The van der Waals surface area contributed by atoms with Crippen molar-refractivity contribution in [1.82, 2.24) is 24.6 Å². The summed E-state index contributed by atoms with van der Waals surface area (Å²) in [5, 5.41) is 4.14. The Morgan fingerprint density at radius 3 is 2.61 bits per heavy atom. The van der Waals surface area contributed by atoms with Crippen LogP contribution in [0.25, 0.3) is 33.9 Å². The highest BCUT2D eigenvalue weighted by atomic mass is 16.5. The molecule has 0 spiro atoms. The van der Waals surface area contributed by atoms with Crippen LogP contribution in [0.4, 0.5) is 0 Å². The molecule has 1 aliphatic rings. The summed E-state index contributed by atoms with van der Waals surface area (Å²) < 4.78 is 18.1. The average Bonchev–Trinajstić information content (AvgIpc) is 3.62. The van der Waals surface area contributed by atoms with Gasteiger partial charge in [-0.05, 0) is 49.2 Å². The third kappa shape index (κ3) is 4.13. The molecule has 0 radical (unpaired) electrons. The molecule has 0 bridgehead atoms. The Labute approximate surface area is 190 Å². The Kier molecular flexibility index (Phi) is 5.68. The first kappa shape index (κ1) is 21.0. The number of methoxy groups -OCH3 is 2. The van der Waals surface area contributed by atoms with E-state index < -0.39 is 0 Å². The van der Waals surface area contributed by atoms with Gasteiger partial charge in [0.05, 0.1) is 31.6 Å². The Morgan fingerprint density at radius 1 is 1.03 bits per heavy atom. The van der Waals surface area contributed by atoms with Crippen molar-refractivity contribution in [3.8, 4) is 34.3 Å². The third-order valence-electron chi connectivity index (χ3n) is 5.96. The minimum absolute atomic E-state index is 0.209. The highest BCUT2D eigenvalue weighted by Gasteiger charge is 2.18. The van der Waals surface area contributed by atoms with Crippen molar-refractivity contribution in [1.29, 1.82) is 0 Å². The second-order valence-electron chi connectivity index (χ2n) is 7.97. The zero-order valence-electron chi connectivity index (χ0n) is 18.7. The maximum Gasteiger partial charge on any atom is 0.258 e. The summed E-state index contributed by atoms with van der Waals surface area (Å²) in [6.07, 6.45) is 4.46. The van der Waals surface area contributed by atoms with Crippen molar-refractivity contribution in [2.75, 3.05) is 27.3 Å². The molecular formula is C24H25N5O4. The molecule has 33 heavy (non-hydrogen) atoms. The second kappa shape index (κ2) is 8.93. The molecule has 4 aromatic rings. The molecule has 1 saturated heterocycles. The van der Waals surface area contributed by atoms with Crippen LogP contribution in [0.2, 0.25) is 0 Å².